The van der Waals surface area contributed by atoms with Crippen molar-refractivity contribution in [1.82, 2.24) is 0 Å². The first-order chi connectivity index (χ1) is 3.27. The van der Waals surface area contributed by atoms with Crippen molar-refractivity contribution in [1.29, 1.82) is 0 Å². The zero-order chi connectivity index (χ0) is 5.70. The first-order valence-electron chi connectivity index (χ1n) is 2.63. The maximum Gasteiger partial charge on any atom is 0.151 e. The summed E-state index contributed by atoms with van der Waals surface area (Å²) < 4.78 is 0. The Labute approximate surface area is 49.3 Å². The Hall–Kier alpha value is -0.120. The molecule has 0 spiro atoms. The van der Waals surface area contributed by atoms with Crippen molar-refractivity contribution in [3.05, 3.63) is 0 Å². The Morgan fingerprint density at radius 2 is 1.88 bits per heavy atom. The Morgan fingerprint density at radius 3 is 2.00 bits per heavy atom. The molecular weight excluding hydrogens is 108 g/mol. The molecule has 0 saturated carbocycles. The SMILES string of the molecule is CCCCC(O)O.O. The average Bonchev–Trinajstić information content (AvgIpc) is 1.61. The molecule has 0 aromatic carbocycles. The van der Waals surface area contributed by atoms with E-state index in [1.54, 1.807) is 0 Å². The van der Waals surface area contributed by atoms with Crippen LogP contribution in [0.4, 0.5) is 0 Å². The van der Waals surface area contributed by atoms with Crippen molar-refractivity contribution < 1.29 is 15.7 Å². The second-order valence-electron chi connectivity index (χ2n) is 1.62. The minimum absolute atomic E-state index is 0. The molecule has 0 aromatic heterocycles. The van der Waals surface area contributed by atoms with Gasteiger partial charge < -0.3 is 15.7 Å². The summed E-state index contributed by atoms with van der Waals surface area (Å²) in [7, 11) is 0. The number of hydrogen-bond acceptors (Lipinski definition) is 2. The molecular formula is C5H14O3. The Bertz CT molecular complexity index is 36.7. The molecule has 0 radical (unpaired) electrons. The van der Waals surface area contributed by atoms with Gasteiger partial charge in [0.15, 0.2) is 6.29 Å². The number of aliphatic hydroxyl groups is 2. The summed E-state index contributed by atoms with van der Waals surface area (Å²) >= 11 is 0. The van der Waals surface area contributed by atoms with Crippen LogP contribution in [0.5, 0.6) is 0 Å². The van der Waals surface area contributed by atoms with Gasteiger partial charge in [-0.3, -0.25) is 0 Å². The smallest absolute Gasteiger partial charge is 0.151 e. The molecule has 0 aliphatic carbocycles. The second kappa shape index (κ2) is 6.88. The lowest BCUT2D eigenvalue weighted by Gasteiger charge is -1.97. The van der Waals surface area contributed by atoms with Gasteiger partial charge in [0.2, 0.25) is 0 Å². The average molecular weight is 122 g/mol. The highest BCUT2D eigenvalue weighted by molar-refractivity contribution is 4.36. The largest absolute Gasteiger partial charge is 0.412 e. The van der Waals surface area contributed by atoms with Gasteiger partial charge in [0.05, 0.1) is 0 Å². The van der Waals surface area contributed by atoms with Crippen molar-refractivity contribution in [3.8, 4) is 0 Å². The molecule has 0 fully saturated rings. The lowest BCUT2D eigenvalue weighted by Crippen LogP contribution is -2.02. The van der Waals surface area contributed by atoms with E-state index in [0.717, 1.165) is 12.8 Å². The fraction of sp³-hybridized carbons (Fsp3) is 1.00. The van der Waals surface area contributed by atoms with Gasteiger partial charge in [0.25, 0.3) is 0 Å². The number of rotatable bonds is 3. The fourth-order valence-corrected chi connectivity index (χ4v) is 0.387. The summed E-state index contributed by atoms with van der Waals surface area (Å²) in [5, 5.41) is 16.5. The third kappa shape index (κ3) is 9.30. The van der Waals surface area contributed by atoms with E-state index in [-0.39, 0.29) is 5.48 Å². The molecule has 0 aromatic rings. The van der Waals surface area contributed by atoms with Crippen molar-refractivity contribution in [3.63, 3.8) is 0 Å². The standard InChI is InChI=1S/C5H12O2.H2O/c1-2-3-4-5(6)7;/h5-7H,2-4H2,1H3;1H2. The fourth-order valence-electron chi connectivity index (χ4n) is 0.387. The monoisotopic (exact) mass is 122 g/mol. The first kappa shape index (κ1) is 10.8. The molecule has 0 unspecified atom stereocenters. The maximum atomic E-state index is 8.24. The molecule has 3 nitrogen and oxygen atoms in total. The first-order valence-corrected chi connectivity index (χ1v) is 2.63. The highest BCUT2D eigenvalue weighted by Gasteiger charge is 1.92. The van der Waals surface area contributed by atoms with Crippen molar-refractivity contribution in [2.75, 3.05) is 0 Å². The molecule has 8 heavy (non-hydrogen) atoms. The van der Waals surface area contributed by atoms with E-state index in [2.05, 4.69) is 0 Å². The van der Waals surface area contributed by atoms with Gasteiger partial charge in [0.1, 0.15) is 0 Å². The zero-order valence-electron chi connectivity index (χ0n) is 5.09. The summed E-state index contributed by atoms with van der Waals surface area (Å²) in [6.45, 7) is 2.02. The van der Waals surface area contributed by atoms with Gasteiger partial charge >= 0.3 is 0 Å². The predicted octanol–water partition coefficient (Wildman–Crippen LogP) is -0.337. The van der Waals surface area contributed by atoms with Crippen molar-refractivity contribution in [2.24, 2.45) is 0 Å². The van der Waals surface area contributed by atoms with Crippen LogP contribution in [0.3, 0.4) is 0 Å². The second-order valence-corrected chi connectivity index (χ2v) is 1.62. The Kier molecular flexibility index (Phi) is 9.28. The molecule has 0 aliphatic heterocycles. The summed E-state index contributed by atoms with van der Waals surface area (Å²) in [4.78, 5) is 0. The Balaban J connectivity index is 0. The number of aliphatic hydroxyl groups excluding tert-OH is 1. The van der Waals surface area contributed by atoms with Crippen molar-refractivity contribution >= 4 is 0 Å². The van der Waals surface area contributed by atoms with Gasteiger partial charge in [-0.05, 0) is 12.8 Å². The summed E-state index contributed by atoms with van der Waals surface area (Å²) in [6.07, 6.45) is 1.34. The van der Waals surface area contributed by atoms with E-state index in [4.69, 9.17) is 10.2 Å². The van der Waals surface area contributed by atoms with Crippen LogP contribution in [0.2, 0.25) is 0 Å². The maximum absolute atomic E-state index is 8.24. The lowest BCUT2D eigenvalue weighted by molar-refractivity contribution is -0.0463. The van der Waals surface area contributed by atoms with Crippen LogP contribution >= 0.6 is 0 Å². The molecule has 0 rings (SSSR count). The molecule has 0 bridgehead atoms. The van der Waals surface area contributed by atoms with Gasteiger partial charge in [-0.15, -0.1) is 0 Å². The summed E-state index contributed by atoms with van der Waals surface area (Å²) in [5.74, 6) is 0. The van der Waals surface area contributed by atoms with Crippen LogP contribution in [-0.2, 0) is 0 Å². The van der Waals surface area contributed by atoms with Crippen LogP contribution in [0, 0.1) is 0 Å². The van der Waals surface area contributed by atoms with Crippen LogP contribution in [0.1, 0.15) is 26.2 Å². The summed E-state index contributed by atoms with van der Waals surface area (Å²) in [5.41, 5.74) is 0. The normalized spacial score (nSPS) is 9.00. The quantitative estimate of drug-likeness (QED) is 0.503. The molecule has 0 heterocycles. The molecule has 0 amide bonds. The molecule has 0 saturated heterocycles. The van der Waals surface area contributed by atoms with E-state index >= 15 is 0 Å². The molecule has 4 N–H and O–H groups in total. The van der Waals surface area contributed by atoms with Crippen LogP contribution in [0.15, 0.2) is 0 Å². The number of unbranched alkanes of at least 4 members (excludes halogenated alkanes) is 1. The molecule has 52 valence electrons. The van der Waals surface area contributed by atoms with Gasteiger partial charge in [-0.1, -0.05) is 13.3 Å². The molecule has 0 atom stereocenters. The van der Waals surface area contributed by atoms with Crippen LogP contribution < -0.4 is 0 Å². The third-order valence-corrected chi connectivity index (χ3v) is 0.816. The highest BCUT2D eigenvalue weighted by Crippen LogP contribution is 1.95. The molecule has 0 aliphatic rings. The van der Waals surface area contributed by atoms with Gasteiger partial charge in [-0.2, -0.15) is 0 Å². The van der Waals surface area contributed by atoms with E-state index in [9.17, 15) is 0 Å². The minimum atomic E-state index is -1.10. The van der Waals surface area contributed by atoms with E-state index in [1.807, 2.05) is 6.92 Å². The molecule has 3 heteroatoms. The van der Waals surface area contributed by atoms with Crippen molar-refractivity contribution in [2.45, 2.75) is 32.5 Å². The summed E-state index contributed by atoms with van der Waals surface area (Å²) in [6, 6.07) is 0. The van der Waals surface area contributed by atoms with Crippen LogP contribution in [-0.4, -0.2) is 22.0 Å². The van der Waals surface area contributed by atoms with Crippen LogP contribution in [0.25, 0.3) is 0 Å². The van der Waals surface area contributed by atoms with E-state index in [1.165, 1.54) is 0 Å². The van der Waals surface area contributed by atoms with Gasteiger partial charge in [0, 0.05) is 0 Å². The zero-order valence-corrected chi connectivity index (χ0v) is 5.09. The minimum Gasteiger partial charge on any atom is -0.412 e. The lowest BCUT2D eigenvalue weighted by atomic mass is 10.2. The Morgan fingerprint density at radius 1 is 1.38 bits per heavy atom. The van der Waals surface area contributed by atoms with E-state index in [0.29, 0.717) is 6.42 Å². The third-order valence-electron chi connectivity index (χ3n) is 0.816. The highest BCUT2D eigenvalue weighted by atomic mass is 16.5. The topological polar surface area (TPSA) is 72.0 Å². The predicted molar refractivity (Wildman–Crippen MR) is 31.4 cm³/mol. The van der Waals surface area contributed by atoms with E-state index < -0.39 is 6.29 Å². The van der Waals surface area contributed by atoms with Gasteiger partial charge in [-0.25, -0.2) is 0 Å². The number of hydrogen-bond donors (Lipinski definition) is 2.